The number of unbranched alkanes of at least 4 members (excludes halogenated alkanes) is 18. The summed E-state index contributed by atoms with van der Waals surface area (Å²) in [5, 5.41) is 10.7. The van der Waals surface area contributed by atoms with E-state index in [2.05, 4.69) is 222 Å². The quantitative estimate of drug-likeness (QED) is 0.0169. The molecule has 0 aliphatic carbocycles. The van der Waals surface area contributed by atoms with Gasteiger partial charge in [-0.05, 0) is 186 Å². The minimum absolute atomic E-state index is 0.0285. The van der Waals surface area contributed by atoms with Crippen LogP contribution < -0.4 is 0 Å². The average molecular weight is 1570 g/mol. The molecule has 3 N–H and O–H groups in total. The number of aliphatic hydroxyl groups is 1. The Morgan fingerprint density at radius 3 is 0.755 bits per heavy atom. The van der Waals surface area contributed by atoms with Gasteiger partial charge in [-0.3, -0.25) is 37.3 Å². The zero-order valence-corrected chi connectivity index (χ0v) is 69.9. The zero-order valence-electron chi connectivity index (χ0n) is 68.1. The van der Waals surface area contributed by atoms with Gasteiger partial charge in [0.05, 0.1) is 26.4 Å². The monoisotopic (exact) mass is 1570 g/mol. The summed E-state index contributed by atoms with van der Waals surface area (Å²) in [7, 11) is -10.0. The number of phosphoric acid groups is 2. The summed E-state index contributed by atoms with van der Waals surface area (Å²) in [6.07, 6.45) is 99.7. The maximum Gasteiger partial charge on any atom is 0.472 e. The van der Waals surface area contributed by atoms with Crippen molar-refractivity contribution in [3.05, 3.63) is 194 Å². The molecule has 0 amide bonds. The summed E-state index contributed by atoms with van der Waals surface area (Å²) in [5.74, 6) is -2.32. The number of carbonyl (C=O) groups is 4. The molecular formula is C91H146O17P2. The van der Waals surface area contributed by atoms with E-state index in [0.717, 1.165) is 193 Å². The summed E-state index contributed by atoms with van der Waals surface area (Å²) in [6.45, 7) is 4.36. The molecule has 17 nitrogen and oxygen atoms in total. The Balaban J connectivity index is 5.50. The number of aliphatic hydroxyl groups excluding tert-OH is 1. The van der Waals surface area contributed by atoms with Crippen molar-refractivity contribution in [2.24, 2.45) is 0 Å². The molecule has 0 saturated carbocycles. The van der Waals surface area contributed by atoms with E-state index in [9.17, 15) is 43.2 Å². The first-order valence-corrected chi connectivity index (χ1v) is 44.7. The summed E-state index contributed by atoms with van der Waals surface area (Å²) in [5.41, 5.74) is 0. The largest absolute Gasteiger partial charge is 0.472 e. The molecule has 0 aromatic heterocycles. The van der Waals surface area contributed by atoms with Crippen molar-refractivity contribution < 1.29 is 80.2 Å². The standard InChI is InChI=1S/C91H146O17P2/c1-5-9-13-17-21-25-29-33-37-40-42-45-49-52-56-60-64-68-72-76-89(94)102-82-87(108-91(96)78-74-70-66-62-58-54-50-46-43-41-38-34-30-26-22-18-14-10-6-2)84-106-110(99,100)104-80-85(92)79-103-109(97,98)105-83-86(107-90(95)77-73-69-65-61-57-53-47-36-32-28-24-20-16-12-8-4)81-101-88(93)75-71-67-63-59-55-51-48-44-39-35-31-27-23-19-15-11-7-3/h9,11-13,15-16,21-28,33-39,42-43,45-48,51-52,56-57,61,85-87,92H,5-8,10,14,17-20,29-32,40-41,44,49-50,53-55,58-60,62-84H2,1-4H3,(H,97,98)(H,99,100)/b13-9-,15-11-,16-12-,25-21-,26-22-,27-23-,28-24-,37-33-,38-34-,39-35-,45-42-,46-43-,47-36-,51-48-,56-52-,61-57-. The highest BCUT2D eigenvalue weighted by atomic mass is 31.2. The molecule has 0 fully saturated rings. The number of rotatable bonds is 76. The lowest BCUT2D eigenvalue weighted by Crippen LogP contribution is -2.30. The van der Waals surface area contributed by atoms with Gasteiger partial charge in [0.25, 0.3) is 0 Å². The summed E-state index contributed by atoms with van der Waals surface area (Å²) in [6, 6.07) is 0. The third-order valence-corrected chi connectivity index (χ3v) is 18.4. The third-order valence-electron chi connectivity index (χ3n) is 16.5. The predicted molar refractivity (Wildman–Crippen MR) is 454 cm³/mol. The lowest BCUT2D eigenvalue weighted by molar-refractivity contribution is -0.161. The van der Waals surface area contributed by atoms with E-state index < -0.39 is 97.5 Å². The highest BCUT2D eigenvalue weighted by Crippen LogP contribution is 2.45. The lowest BCUT2D eigenvalue weighted by Gasteiger charge is -2.21. The van der Waals surface area contributed by atoms with Gasteiger partial charge in [-0.15, -0.1) is 0 Å². The molecule has 622 valence electrons. The van der Waals surface area contributed by atoms with Crippen LogP contribution in [0.4, 0.5) is 0 Å². The summed E-state index contributed by atoms with van der Waals surface area (Å²) in [4.78, 5) is 73.2. The zero-order chi connectivity index (χ0) is 80.3. The topological polar surface area (TPSA) is 237 Å². The predicted octanol–water partition coefficient (Wildman–Crippen LogP) is 24.9. The normalized spacial score (nSPS) is 14.8. The van der Waals surface area contributed by atoms with E-state index in [1.807, 2.05) is 0 Å². The van der Waals surface area contributed by atoms with E-state index in [4.69, 9.17) is 37.0 Å². The Morgan fingerprint density at radius 1 is 0.264 bits per heavy atom. The molecule has 0 bridgehead atoms. The number of ether oxygens (including phenoxy) is 4. The fraction of sp³-hybridized carbons (Fsp3) is 0.604. The Hall–Kier alpha value is -6.10. The molecule has 0 heterocycles. The number of allylic oxidation sites excluding steroid dienone is 32. The van der Waals surface area contributed by atoms with Crippen molar-refractivity contribution in [1.29, 1.82) is 0 Å². The van der Waals surface area contributed by atoms with Crippen molar-refractivity contribution in [3.63, 3.8) is 0 Å². The van der Waals surface area contributed by atoms with Crippen LogP contribution in [0.5, 0.6) is 0 Å². The van der Waals surface area contributed by atoms with Gasteiger partial charge in [0.2, 0.25) is 0 Å². The minimum Gasteiger partial charge on any atom is -0.462 e. The molecule has 110 heavy (non-hydrogen) atoms. The van der Waals surface area contributed by atoms with Crippen LogP contribution in [0, 0.1) is 0 Å². The molecule has 0 aliphatic heterocycles. The van der Waals surface area contributed by atoms with Crippen LogP contribution in [-0.4, -0.2) is 96.7 Å². The molecular weight excluding hydrogens is 1430 g/mol. The first kappa shape index (κ1) is 104. The van der Waals surface area contributed by atoms with Gasteiger partial charge in [-0.2, -0.15) is 0 Å². The van der Waals surface area contributed by atoms with Crippen LogP contribution in [0.3, 0.4) is 0 Å². The Morgan fingerprint density at radius 2 is 0.473 bits per heavy atom. The van der Waals surface area contributed by atoms with Gasteiger partial charge in [0.1, 0.15) is 19.3 Å². The van der Waals surface area contributed by atoms with Gasteiger partial charge < -0.3 is 33.8 Å². The minimum atomic E-state index is -5.01. The van der Waals surface area contributed by atoms with E-state index in [1.54, 1.807) is 0 Å². The van der Waals surface area contributed by atoms with E-state index in [-0.39, 0.29) is 25.7 Å². The molecule has 0 aliphatic rings. The van der Waals surface area contributed by atoms with Gasteiger partial charge >= 0.3 is 39.5 Å². The fourth-order valence-corrected chi connectivity index (χ4v) is 11.9. The number of hydrogen-bond acceptors (Lipinski definition) is 15. The molecule has 0 radical (unpaired) electrons. The summed E-state index contributed by atoms with van der Waals surface area (Å²) < 4.78 is 68.7. The summed E-state index contributed by atoms with van der Waals surface area (Å²) >= 11 is 0. The van der Waals surface area contributed by atoms with E-state index in [0.29, 0.717) is 32.1 Å². The maximum atomic E-state index is 13.1. The molecule has 0 saturated heterocycles. The first-order valence-electron chi connectivity index (χ1n) is 41.7. The third kappa shape index (κ3) is 80.0. The second-order valence-electron chi connectivity index (χ2n) is 26.9. The first-order chi connectivity index (χ1) is 53.7. The van der Waals surface area contributed by atoms with Gasteiger partial charge in [-0.1, -0.05) is 280 Å². The highest BCUT2D eigenvalue weighted by molar-refractivity contribution is 7.47. The second-order valence-corrected chi connectivity index (χ2v) is 29.8. The van der Waals surface area contributed by atoms with Crippen LogP contribution >= 0.6 is 15.6 Å². The molecule has 5 atom stereocenters. The smallest absolute Gasteiger partial charge is 0.462 e. The van der Waals surface area contributed by atoms with Crippen molar-refractivity contribution in [2.45, 2.75) is 316 Å². The van der Waals surface area contributed by atoms with Crippen LogP contribution in [-0.2, 0) is 65.4 Å². The van der Waals surface area contributed by atoms with Gasteiger partial charge in [-0.25, -0.2) is 9.13 Å². The number of carbonyl (C=O) groups excluding carboxylic acids is 4. The Kier molecular flexibility index (Phi) is 76.4. The Labute approximate surface area is 666 Å². The van der Waals surface area contributed by atoms with E-state index >= 15 is 0 Å². The van der Waals surface area contributed by atoms with Crippen molar-refractivity contribution in [1.82, 2.24) is 0 Å². The molecule has 19 heteroatoms. The Bertz CT molecular complexity index is 2850. The number of hydrogen-bond donors (Lipinski definition) is 3. The van der Waals surface area contributed by atoms with Crippen molar-refractivity contribution >= 4 is 39.5 Å². The van der Waals surface area contributed by atoms with Crippen LogP contribution in [0.2, 0.25) is 0 Å². The number of phosphoric ester groups is 2. The van der Waals surface area contributed by atoms with Crippen LogP contribution in [0.15, 0.2) is 194 Å². The van der Waals surface area contributed by atoms with Crippen molar-refractivity contribution in [2.75, 3.05) is 39.6 Å². The molecule has 0 aromatic rings. The SMILES string of the molecule is CC/C=C\C/C=C\C/C=C\C/C=C\C/C=C\CCCCCC(=O)OCC(COP(=O)(O)OCC(O)COP(=O)(O)OCC(COC(=O)CCCCCC/C=C\C/C=C\C/C=C\C/C=C\CC)OC(=O)CCCC/C=C\C/C=C\C/C=C\C/C=C\CC)OC(=O)CCCCCCCC/C=C\C/C=C\C/C=C\CCCCC. The van der Waals surface area contributed by atoms with Crippen LogP contribution in [0.1, 0.15) is 297 Å². The van der Waals surface area contributed by atoms with Crippen molar-refractivity contribution in [3.8, 4) is 0 Å². The van der Waals surface area contributed by atoms with Crippen LogP contribution in [0.25, 0.3) is 0 Å². The van der Waals surface area contributed by atoms with Gasteiger partial charge in [0, 0.05) is 25.7 Å². The van der Waals surface area contributed by atoms with E-state index in [1.165, 1.54) is 19.3 Å². The maximum absolute atomic E-state index is 13.1. The molecule has 5 unspecified atom stereocenters. The fourth-order valence-electron chi connectivity index (χ4n) is 10.3. The molecule has 0 spiro atoms. The van der Waals surface area contributed by atoms with Gasteiger partial charge in [0.15, 0.2) is 12.2 Å². The second kappa shape index (κ2) is 80.9. The highest BCUT2D eigenvalue weighted by Gasteiger charge is 2.30. The molecule has 0 rings (SSSR count). The number of esters is 4. The lowest BCUT2D eigenvalue weighted by atomic mass is 10.1. The average Bonchev–Trinajstić information content (AvgIpc) is 0.900. The molecule has 0 aromatic carbocycles.